The molecule has 41 heavy (non-hydrogen) atoms. The largest absolute Gasteiger partial charge is 0.538 e. The van der Waals surface area contributed by atoms with Crippen molar-refractivity contribution < 1.29 is 23.9 Å². The van der Waals surface area contributed by atoms with Gasteiger partial charge in [-0.15, -0.1) is 0 Å². The molecule has 1 N–H and O–H groups in total. The number of hydrogen-bond donors (Lipinski definition) is 1. The number of Topliss-reactive ketones (excluding diaryl/α,β-unsaturated/α-hetero) is 1. The summed E-state index contributed by atoms with van der Waals surface area (Å²) < 4.78 is 12.6. The summed E-state index contributed by atoms with van der Waals surface area (Å²) in [5, 5.41) is 10.1. The van der Waals surface area contributed by atoms with E-state index in [-0.39, 0.29) is 28.2 Å². The molecule has 0 saturated carbocycles. The maximum absolute atomic E-state index is 14.0. The fourth-order valence-corrected chi connectivity index (χ4v) is 11.1. The molecule has 2 atom stereocenters. The number of hydrogen-bond acceptors (Lipinski definition) is 5. The second-order valence-electron chi connectivity index (χ2n) is 13.2. The summed E-state index contributed by atoms with van der Waals surface area (Å²) in [5.41, 5.74) is 3.20. The third-order valence-corrected chi connectivity index (χ3v) is 14.5. The Kier molecular flexibility index (Phi) is 14.1. The zero-order valence-electron chi connectivity index (χ0n) is 27.7. The maximum atomic E-state index is 14.0. The Hall–Kier alpha value is -2.38. The normalized spacial score (nSPS) is 19.3. The van der Waals surface area contributed by atoms with Crippen molar-refractivity contribution in [3.63, 3.8) is 0 Å². The first-order valence-corrected chi connectivity index (χ1v) is 17.2. The van der Waals surface area contributed by atoms with Gasteiger partial charge in [0.05, 0.1) is 6.10 Å². The van der Waals surface area contributed by atoms with Crippen LogP contribution in [0.15, 0.2) is 59.6 Å². The molecule has 6 nitrogen and oxygen atoms in total. The monoisotopic (exact) mass is 587 g/mol. The van der Waals surface area contributed by atoms with Gasteiger partial charge in [0.1, 0.15) is 0 Å². The van der Waals surface area contributed by atoms with Gasteiger partial charge in [0.2, 0.25) is 5.78 Å². The Morgan fingerprint density at radius 3 is 2.07 bits per heavy atom. The lowest BCUT2D eigenvalue weighted by atomic mass is 9.82. The van der Waals surface area contributed by atoms with Crippen molar-refractivity contribution in [2.45, 2.75) is 124 Å². The molecule has 0 radical (unpaired) electrons. The van der Waals surface area contributed by atoms with Crippen LogP contribution in [0.5, 0.6) is 0 Å². The minimum atomic E-state index is -2.44. The lowest BCUT2D eigenvalue weighted by molar-refractivity contribution is -0.124. The van der Waals surface area contributed by atoms with Crippen molar-refractivity contribution in [1.29, 1.82) is 0 Å². The van der Waals surface area contributed by atoms with E-state index >= 15 is 0 Å². The smallest absolute Gasteiger partial charge is 0.414 e. The molecule has 0 aromatic heterocycles. The van der Waals surface area contributed by atoms with E-state index < -0.39 is 25.9 Å². The second-order valence-corrected chi connectivity index (χ2v) is 18.6. The van der Waals surface area contributed by atoms with Crippen LogP contribution in [-0.4, -0.2) is 50.4 Å². The van der Waals surface area contributed by atoms with E-state index in [0.29, 0.717) is 30.6 Å². The van der Waals surface area contributed by atoms with Crippen molar-refractivity contribution in [2.24, 2.45) is 5.41 Å². The van der Waals surface area contributed by atoms with E-state index in [9.17, 15) is 14.7 Å². The van der Waals surface area contributed by atoms with E-state index in [4.69, 9.17) is 9.16 Å². The summed E-state index contributed by atoms with van der Waals surface area (Å²) in [6, 6.07) is 0. The van der Waals surface area contributed by atoms with Crippen molar-refractivity contribution in [3.05, 3.63) is 59.6 Å². The molecule has 1 aliphatic carbocycles. The first-order chi connectivity index (χ1) is 18.9. The number of ketones is 1. The number of nitrogens with zero attached hydrogens (tertiary/aromatic N) is 1. The Morgan fingerprint density at radius 2 is 1.59 bits per heavy atom. The van der Waals surface area contributed by atoms with E-state index in [1.54, 1.807) is 20.2 Å². The molecular weight excluding hydrogens is 530 g/mol. The minimum absolute atomic E-state index is 0.0719. The van der Waals surface area contributed by atoms with Gasteiger partial charge < -0.3 is 19.2 Å². The molecule has 232 valence electrons. The number of allylic oxidation sites excluding steroid dienone is 6. The summed E-state index contributed by atoms with van der Waals surface area (Å²) in [6.07, 6.45) is 8.99. The number of carbonyl (C=O) groups is 2. The number of aliphatic hydroxyl groups is 1. The molecule has 0 aliphatic heterocycles. The number of rotatable bonds is 16. The fraction of sp³-hybridized carbons (Fsp3) is 0.647. The molecular formula is C34H57NO5Si. The van der Waals surface area contributed by atoms with Gasteiger partial charge in [-0.1, -0.05) is 91.0 Å². The molecule has 0 fully saturated rings. The van der Waals surface area contributed by atoms with Crippen LogP contribution in [0, 0.1) is 5.41 Å². The van der Waals surface area contributed by atoms with Crippen molar-refractivity contribution >= 4 is 20.2 Å². The SMILES string of the molecule is C=CC(=C)[C@@H](O)CC/C(C)=C/CC/C(C)=C/C[C@@]1(C)CC(OC(=O)N(C)C)=C(O[Si](C(C)C)(C(C)C)C(C)C)C1=O. The highest BCUT2D eigenvalue weighted by Gasteiger charge is 2.53. The number of aliphatic hydroxyl groups excluding tert-OH is 1. The fourth-order valence-electron chi connectivity index (χ4n) is 5.83. The molecule has 1 aliphatic rings. The first kappa shape index (κ1) is 36.6. The molecule has 0 heterocycles. The predicted octanol–water partition coefficient (Wildman–Crippen LogP) is 9.01. The maximum Gasteiger partial charge on any atom is 0.414 e. The molecule has 0 saturated heterocycles. The highest BCUT2D eigenvalue weighted by atomic mass is 28.4. The molecule has 0 bridgehead atoms. The molecule has 0 unspecified atom stereocenters. The van der Waals surface area contributed by atoms with Gasteiger partial charge in [-0.05, 0) is 68.1 Å². The summed E-state index contributed by atoms with van der Waals surface area (Å²) in [7, 11) is 0.828. The standard InChI is InChI=1S/C34H57NO5Si/c1-14-28(10)29(36)19-18-26(8)16-15-17-27(9)20-21-34(11)22-30(39-33(38)35(12)13)31(32(34)37)40-41(23(2)3,24(4)5)25(6)7/h14,16,20,23-25,29,36H,1,10,15,17-19,21-22H2,2-9,11-13H3/b26-16+,27-20+/t29-,34-/m0/s1. The Bertz CT molecular complexity index is 1030. The summed E-state index contributed by atoms with van der Waals surface area (Å²) in [6.45, 7) is 26.7. The highest BCUT2D eigenvalue weighted by molar-refractivity contribution is 6.78. The Morgan fingerprint density at radius 1 is 1.05 bits per heavy atom. The molecule has 1 rings (SSSR count). The van der Waals surface area contributed by atoms with Crippen LogP contribution in [0.4, 0.5) is 4.79 Å². The highest BCUT2D eigenvalue weighted by Crippen LogP contribution is 2.49. The third-order valence-electron chi connectivity index (χ3n) is 8.55. The Balaban J connectivity index is 3.10. The summed E-state index contributed by atoms with van der Waals surface area (Å²) >= 11 is 0. The molecule has 0 aromatic carbocycles. The topological polar surface area (TPSA) is 76.1 Å². The lowest BCUT2D eigenvalue weighted by Crippen LogP contribution is -2.48. The zero-order valence-corrected chi connectivity index (χ0v) is 28.7. The van der Waals surface area contributed by atoms with Gasteiger partial charge in [0.25, 0.3) is 8.32 Å². The average molecular weight is 588 g/mol. The Labute approximate surface area is 251 Å². The molecule has 0 aromatic rings. The van der Waals surface area contributed by atoms with Crippen LogP contribution in [0.1, 0.15) is 101 Å². The van der Waals surface area contributed by atoms with Crippen LogP contribution >= 0.6 is 0 Å². The van der Waals surface area contributed by atoms with E-state index in [1.807, 2.05) is 6.92 Å². The van der Waals surface area contributed by atoms with Crippen LogP contribution in [0.3, 0.4) is 0 Å². The van der Waals surface area contributed by atoms with E-state index in [0.717, 1.165) is 19.3 Å². The predicted molar refractivity (Wildman–Crippen MR) is 173 cm³/mol. The van der Waals surface area contributed by atoms with Gasteiger partial charge in [-0.2, -0.15) is 0 Å². The van der Waals surface area contributed by atoms with Gasteiger partial charge in [0, 0.05) is 25.9 Å². The van der Waals surface area contributed by atoms with E-state index in [2.05, 4.69) is 80.7 Å². The summed E-state index contributed by atoms with van der Waals surface area (Å²) in [5.74, 6) is 0.551. The van der Waals surface area contributed by atoms with Gasteiger partial charge in [-0.3, -0.25) is 4.79 Å². The van der Waals surface area contributed by atoms with Crippen LogP contribution in [0.25, 0.3) is 0 Å². The number of amides is 1. The van der Waals surface area contributed by atoms with Crippen LogP contribution < -0.4 is 0 Å². The summed E-state index contributed by atoms with van der Waals surface area (Å²) in [4.78, 5) is 28.0. The number of ether oxygens (including phenoxy) is 1. The lowest BCUT2D eigenvalue weighted by Gasteiger charge is -2.42. The van der Waals surface area contributed by atoms with Gasteiger partial charge in [0.15, 0.2) is 11.5 Å². The quantitative estimate of drug-likeness (QED) is 0.111. The van der Waals surface area contributed by atoms with E-state index in [1.165, 1.54) is 16.0 Å². The zero-order chi connectivity index (χ0) is 31.7. The number of carbonyl (C=O) groups excluding carboxylic acids is 2. The first-order valence-electron chi connectivity index (χ1n) is 15.1. The van der Waals surface area contributed by atoms with Crippen molar-refractivity contribution in [2.75, 3.05) is 14.1 Å². The average Bonchev–Trinajstić information content (AvgIpc) is 3.11. The third kappa shape index (κ3) is 9.57. The van der Waals surface area contributed by atoms with Gasteiger partial charge in [-0.25, -0.2) is 4.79 Å². The van der Waals surface area contributed by atoms with Crippen molar-refractivity contribution in [3.8, 4) is 0 Å². The molecule has 7 heteroatoms. The molecule has 1 amide bonds. The second kappa shape index (κ2) is 15.7. The van der Waals surface area contributed by atoms with Crippen LogP contribution in [-0.2, 0) is 14.0 Å². The minimum Gasteiger partial charge on any atom is -0.538 e. The van der Waals surface area contributed by atoms with Crippen LogP contribution in [0.2, 0.25) is 16.6 Å². The molecule has 0 spiro atoms. The van der Waals surface area contributed by atoms with Crippen molar-refractivity contribution in [1.82, 2.24) is 4.90 Å². The van der Waals surface area contributed by atoms with Gasteiger partial charge >= 0.3 is 6.09 Å².